The fourth-order valence-electron chi connectivity index (χ4n) is 1.47. The number of nitrogen functional groups attached to an aromatic ring is 1. The largest absolute Gasteiger partial charge is 0.395 e. The Kier molecular flexibility index (Phi) is 1.80. The van der Waals surface area contributed by atoms with E-state index in [1.807, 2.05) is 20.8 Å². The average molecular weight is 191 g/mol. The van der Waals surface area contributed by atoms with E-state index in [4.69, 9.17) is 5.73 Å². The fourth-order valence-corrected chi connectivity index (χ4v) is 1.47. The van der Waals surface area contributed by atoms with Gasteiger partial charge in [-0.3, -0.25) is 15.8 Å². The molecule has 1 aromatic heterocycles. The number of nitrogens with zero attached hydrogens (tertiary/aromatic N) is 2. The molecule has 0 atom stereocenters. The molecule has 14 heavy (non-hydrogen) atoms. The highest BCUT2D eigenvalue weighted by molar-refractivity contribution is 5.93. The van der Waals surface area contributed by atoms with Gasteiger partial charge >= 0.3 is 0 Å². The Balaban J connectivity index is 2.70. The van der Waals surface area contributed by atoms with Crippen molar-refractivity contribution < 1.29 is 0 Å². The summed E-state index contributed by atoms with van der Waals surface area (Å²) in [6.45, 7) is 5.69. The summed E-state index contributed by atoms with van der Waals surface area (Å²) in [5.74, 6) is 0.811. The number of nitrogens with one attached hydrogen (secondary N) is 2. The molecule has 0 amide bonds. The Morgan fingerprint density at radius 3 is 2.50 bits per heavy atom. The number of aliphatic imine (C=N–C) groups is 1. The second-order valence-electron chi connectivity index (χ2n) is 3.37. The molecule has 0 aliphatic carbocycles. The number of nitrogens with two attached hydrogens (primary N) is 1. The normalized spacial score (nSPS) is 13.8. The molecule has 4 N–H and O–H groups in total. The number of rotatable bonds is 0. The molecule has 2 heterocycles. The number of pyridine rings is 1. The summed E-state index contributed by atoms with van der Waals surface area (Å²) >= 11 is 0. The van der Waals surface area contributed by atoms with Crippen molar-refractivity contribution in [2.75, 3.05) is 11.2 Å². The summed E-state index contributed by atoms with van der Waals surface area (Å²) in [7, 11) is 0. The van der Waals surface area contributed by atoms with Gasteiger partial charge in [-0.15, -0.1) is 0 Å². The van der Waals surface area contributed by atoms with Crippen LogP contribution in [0.5, 0.6) is 0 Å². The van der Waals surface area contributed by atoms with Crippen molar-refractivity contribution in [1.29, 1.82) is 0 Å². The smallest absolute Gasteiger partial charge is 0.118 e. The van der Waals surface area contributed by atoms with Crippen molar-refractivity contribution in [1.82, 2.24) is 10.4 Å². The van der Waals surface area contributed by atoms with Crippen molar-refractivity contribution in [2.24, 2.45) is 4.99 Å². The molecule has 0 saturated heterocycles. The first-order valence-electron chi connectivity index (χ1n) is 4.43. The fraction of sp³-hybridized carbons (Fsp3) is 0.333. The Morgan fingerprint density at radius 1 is 1.07 bits per heavy atom. The minimum Gasteiger partial charge on any atom is -0.395 e. The summed E-state index contributed by atoms with van der Waals surface area (Å²) in [6.07, 6.45) is 0. The average Bonchev–Trinajstić information content (AvgIpc) is 2.14. The molecular weight excluding hydrogens is 178 g/mol. The minimum atomic E-state index is 0.648. The van der Waals surface area contributed by atoms with Gasteiger partial charge in [0.05, 0.1) is 17.1 Å². The van der Waals surface area contributed by atoms with Gasteiger partial charge in [-0.25, -0.2) is 4.99 Å². The third-order valence-electron chi connectivity index (χ3n) is 2.22. The monoisotopic (exact) mass is 191 g/mol. The van der Waals surface area contributed by atoms with Crippen LogP contribution in [0.1, 0.15) is 18.3 Å². The van der Waals surface area contributed by atoms with Crippen molar-refractivity contribution in [2.45, 2.75) is 20.8 Å². The van der Waals surface area contributed by atoms with E-state index in [1.54, 1.807) is 0 Å². The van der Waals surface area contributed by atoms with Gasteiger partial charge < -0.3 is 5.73 Å². The molecule has 1 aliphatic rings. The van der Waals surface area contributed by atoms with Gasteiger partial charge in [0.25, 0.3) is 0 Å². The highest BCUT2D eigenvalue weighted by Gasteiger charge is 2.16. The molecule has 0 spiro atoms. The molecule has 0 fully saturated rings. The van der Waals surface area contributed by atoms with E-state index in [9.17, 15) is 0 Å². The molecule has 1 aromatic rings. The maximum Gasteiger partial charge on any atom is 0.118 e. The molecule has 0 aromatic carbocycles. The number of hydrogen-bond acceptors (Lipinski definition) is 5. The van der Waals surface area contributed by atoms with E-state index in [0.717, 1.165) is 28.6 Å². The van der Waals surface area contributed by atoms with Gasteiger partial charge in [0.1, 0.15) is 17.2 Å². The number of hydrazine groups is 1. The summed E-state index contributed by atoms with van der Waals surface area (Å²) in [5.41, 5.74) is 15.8. The lowest BCUT2D eigenvalue weighted by Gasteiger charge is -2.21. The molecule has 5 heteroatoms. The SMILES string of the molecule is CC1=Nc2c(C)nc(C)c(N)c2NN1. The Labute approximate surface area is 82.4 Å². The predicted octanol–water partition coefficient (Wildman–Crippen LogP) is 1.26. The Morgan fingerprint density at radius 2 is 1.79 bits per heavy atom. The van der Waals surface area contributed by atoms with Gasteiger partial charge in [-0.1, -0.05) is 0 Å². The van der Waals surface area contributed by atoms with Crippen LogP contribution in [-0.4, -0.2) is 10.8 Å². The van der Waals surface area contributed by atoms with E-state index < -0.39 is 0 Å². The first-order valence-corrected chi connectivity index (χ1v) is 4.43. The number of aryl methyl sites for hydroxylation is 2. The first-order chi connectivity index (χ1) is 6.59. The standard InChI is InChI=1S/C9H13N5/c1-4-7(10)9-8(5(2)11-4)12-6(3)13-14-9/h14H,10H2,1-3H3,(H,12,13). The van der Waals surface area contributed by atoms with Crippen LogP contribution in [0.4, 0.5) is 17.1 Å². The maximum absolute atomic E-state index is 5.88. The second-order valence-corrected chi connectivity index (χ2v) is 3.37. The third-order valence-corrected chi connectivity index (χ3v) is 2.22. The lowest BCUT2D eigenvalue weighted by molar-refractivity contribution is 1.04. The van der Waals surface area contributed by atoms with E-state index in [2.05, 4.69) is 20.8 Å². The van der Waals surface area contributed by atoms with Gasteiger partial charge in [-0.2, -0.15) is 0 Å². The summed E-state index contributed by atoms with van der Waals surface area (Å²) < 4.78 is 0. The molecule has 0 unspecified atom stereocenters. The van der Waals surface area contributed by atoms with Crippen molar-refractivity contribution >= 4 is 22.9 Å². The van der Waals surface area contributed by atoms with Crippen LogP contribution < -0.4 is 16.6 Å². The zero-order valence-electron chi connectivity index (χ0n) is 8.47. The summed E-state index contributed by atoms with van der Waals surface area (Å²) in [5, 5.41) is 0. The number of aromatic nitrogens is 1. The highest BCUT2D eigenvalue weighted by Crippen LogP contribution is 2.35. The van der Waals surface area contributed by atoms with Crippen LogP contribution >= 0.6 is 0 Å². The topological polar surface area (TPSA) is 75.3 Å². The number of amidine groups is 1. The molecule has 1 aliphatic heterocycles. The first kappa shape index (κ1) is 8.80. The number of anilines is 2. The maximum atomic E-state index is 5.88. The van der Waals surface area contributed by atoms with Gasteiger partial charge in [0, 0.05) is 0 Å². The van der Waals surface area contributed by atoms with Gasteiger partial charge in [0.2, 0.25) is 0 Å². The van der Waals surface area contributed by atoms with Crippen LogP contribution in [-0.2, 0) is 0 Å². The third kappa shape index (κ3) is 1.17. The summed E-state index contributed by atoms with van der Waals surface area (Å²) in [6, 6.07) is 0. The van der Waals surface area contributed by atoms with E-state index >= 15 is 0 Å². The summed E-state index contributed by atoms with van der Waals surface area (Å²) in [4.78, 5) is 8.67. The van der Waals surface area contributed by atoms with E-state index in [0.29, 0.717) is 5.69 Å². The van der Waals surface area contributed by atoms with Crippen LogP contribution in [0, 0.1) is 13.8 Å². The second kappa shape index (κ2) is 2.87. The van der Waals surface area contributed by atoms with Crippen molar-refractivity contribution in [3.63, 3.8) is 0 Å². The number of hydrogen-bond donors (Lipinski definition) is 3. The molecule has 0 bridgehead atoms. The zero-order valence-corrected chi connectivity index (χ0v) is 8.47. The quantitative estimate of drug-likeness (QED) is 0.577. The molecule has 0 saturated carbocycles. The van der Waals surface area contributed by atoms with Crippen molar-refractivity contribution in [3.05, 3.63) is 11.4 Å². The number of fused-ring (bicyclic) bond motifs is 1. The highest BCUT2D eigenvalue weighted by atomic mass is 15.4. The Bertz CT molecular complexity index is 422. The van der Waals surface area contributed by atoms with E-state index in [1.165, 1.54) is 0 Å². The molecule has 74 valence electrons. The molecule has 0 radical (unpaired) electrons. The Hall–Kier alpha value is -1.78. The molecule has 5 nitrogen and oxygen atoms in total. The predicted molar refractivity (Wildman–Crippen MR) is 57.7 cm³/mol. The van der Waals surface area contributed by atoms with E-state index in [-0.39, 0.29) is 0 Å². The van der Waals surface area contributed by atoms with Crippen LogP contribution in [0.15, 0.2) is 4.99 Å². The van der Waals surface area contributed by atoms with Crippen molar-refractivity contribution in [3.8, 4) is 0 Å². The minimum absolute atomic E-state index is 0.648. The van der Waals surface area contributed by atoms with Crippen LogP contribution in [0.2, 0.25) is 0 Å². The van der Waals surface area contributed by atoms with Crippen LogP contribution in [0.3, 0.4) is 0 Å². The molecular formula is C9H13N5. The molecule has 2 rings (SSSR count). The lowest BCUT2D eigenvalue weighted by atomic mass is 10.2. The zero-order chi connectivity index (χ0) is 10.3. The van der Waals surface area contributed by atoms with Gasteiger partial charge in [-0.05, 0) is 20.8 Å². The van der Waals surface area contributed by atoms with Crippen LogP contribution in [0.25, 0.3) is 0 Å². The lowest BCUT2D eigenvalue weighted by Crippen LogP contribution is -2.30. The van der Waals surface area contributed by atoms with Gasteiger partial charge in [0.15, 0.2) is 0 Å².